The molecule has 0 saturated heterocycles. The van der Waals surface area contributed by atoms with Gasteiger partial charge in [-0.05, 0) is 25.1 Å². The van der Waals surface area contributed by atoms with Gasteiger partial charge in [0.05, 0.1) is 33.0 Å². The van der Waals surface area contributed by atoms with E-state index in [4.69, 9.17) is 17.3 Å². The van der Waals surface area contributed by atoms with E-state index in [0.29, 0.717) is 21.3 Å². The lowest BCUT2D eigenvalue weighted by Crippen LogP contribution is -2.04. The summed E-state index contributed by atoms with van der Waals surface area (Å²) in [6, 6.07) is 3.89. The van der Waals surface area contributed by atoms with Crippen molar-refractivity contribution < 1.29 is 8.60 Å². The normalized spacial score (nSPS) is 12.6. The van der Waals surface area contributed by atoms with Crippen molar-refractivity contribution >= 4 is 28.1 Å². The van der Waals surface area contributed by atoms with Crippen LogP contribution in [-0.4, -0.2) is 14.0 Å². The van der Waals surface area contributed by atoms with Crippen molar-refractivity contribution in [3.63, 3.8) is 0 Å². The molecule has 0 fully saturated rings. The van der Waals surface area contributed by atoms with E-state index in [0.717, 1.165) is 0 Å². The Morgan fingerprint density at radius 3 is 2.68 bits per heavy atom. The molecule has 2 N–H and O–H groups in total. The summed E-state index contributed by atoms with van der Waals surface area (Å²) in [7, 11) is 0.300. The van der Waals surface area contributed by atoms with Crippen LogP contribution >= 0.6 is 11.6 Å². The molecule has 7 heteroatoms. The summed E-state index contributed by atoms with van der Waals surface area (Å²) >= 11 is 6.09. The van der Waals surface area contributed by atoms with Crippen LogP contribution in [0.15, 0.2) is 23.1 Å². The molecule has 0 bridgehead atoms. The minimum absolute atomic E-state index is 0.166. The van der Waals surface area contributed by atoms with Crippen molar-refractivity contribution in [1.29, 1.82) is 0 Å². The van der Waals surface area contributed by atoms with Gasteiger partial charge in [0, 0.05) is 17.6 Å². The smallest absolute Gasteiger partial charge is 0.126 e. The van der Waals surface area contributed by atoms with Crippen LogP contribution in [0.2, 0.25) is 5.02 Å². The van der Waals surface area contributed by atoms with Gasteiger partial charge in [-0.1, -0.05) is 11.6 Å². The van der Waals surface area contributed by atoms with Crippen LogP contribution in [0, 0.1) is 12.7 Å². The summed E-state index contributed by atoms with van der Waals surface area (Å²) in [6.45, 7) is 1.77. The first kappa shape index (κ1) is 14.0. The van der Waals surface area contributed by atoms with Gasteiger partial charge in [-0.25, -0.2) is 4.39 Å². The van der Waals surface area contributed by atoms with E-state index in [9.17, 15) is 8.60 Å². The molecular weight excluding hydrogens is 289 g/mol. The maximum absolute atomic E-state index is 13.2. The molecule has 0 aliphatic carbocycles. The lowest BCUT2D eigenvalue weighted by Gasteiger charge is -2.05. The van der Waals surface area contributed by atoms with Crippen LogP contribution in [0.3, 0.4) is 0 Å². The van der Waals surface area contributed by atoms with Crippen molar-refractivity contribution in [2.45, 2.75) is 17.6 Å². The Morgan fingerprint density at radius 2 is 2.16 bits per heavy atom. The van der Waals surface area contributed by atoms with Crippen LogP contribution in [0.1, 0.15) is 11.4 Å². The number of hydrogen-bond acceptors (Lipinski definition) is 3. The van der Waals surface area contributed by atoms with E-state index in [-0.39, 0.29) is 11.4 Å². The van der Waals surface area contributed by atoms with Gasteiger partial charge in [0.25, 0.3) is 0 Å². The number of benzene rings is 1. The summed E-state index contributed by atoms with van der Waals surface area (Å²) in [5, 5.41) is 4.63. The standard InChI is InChI=1S/C12H13ClFN3OS/c1-7-12(13)11(17(2)16-7)6-19(18)10-4-8(14)3-9(15)5-10/h3-5H,6,15H2,1-2H3. The number of halogens is 2. The van der Waals surface area contributed by atoms with E-state index >= 15 is 0 Å². The highest BCUT2D eigenvalue weighted by atomic mass is 35.5. The second-order valence-electron chi connectivity index (χ2n) is 4.18. The summed E-state index contributed by atoms with van der Waals surface area (Å²) in [5.74, 6) is -0.338. The van der Waals surface area contributed by atoms with Crippen LogP contribution in [0.4, 0.5) is 10.1 Å². The molecule has 19 heavy (non-hydrogen) atoms. The highest BCUT2D eigenvalue weighted by Gasteiger charge is 2.15. The van der Waals surface area contributed by atoms with Gasteiger partial charge >= 0.3 is 0 Å². The average Bonchev–Trinajstić information content (AvgIpc) is 2.54. The molecule has 1 aromatic carbocycles. The van der Waals surface area contributed by atoms with Gasteiger partial charge in [0.2, 0.25) is 0 Å². The molecule has 1 aromatic heterocycles. The van der Waals surface area contributed by atoms with Crippen LogP contribution in [0.5, 0.6) is 0 Å². The maximum atomic E-state index is 13.2. The van der Waals surface area contributed by atoms with Crippen LogP contribution < -0.4 is 5.73 Å². The summed E-state index contributed by atoms with van der Waals surface area (Å²) < 4.78 is 27.0. The van der Waals surface area contributed by atoms with Crippen molar-refractivity contribution in [3.8, 4) is 0 Å². The third-order valence-electron chi connectivity index (χ3n) is 2.69. The Bertz CT molecular complexity index is 636. The first-order valence-corrected chi connectivity index (χ1v) is 7.20. The second kappa shape index (κ2) is 5.30. The number of nitrogens with two attached hydrogens (primary N) is 1. The highest BCUT2D eigenvalue weighted by Crippen LogP contribution is 2.23. The van der Waals surface area contributed by atoms with Crippen molar-refractivity contribution in [2.24, 2.45) is 7.05 Å². The Hall–Kier alpha value is -1.40. The third kappa shape index (κ3) is 2.96. The fourth-order valence-electron chi connectivity index (χ4n) is 1.76. The molecule has 1 unspecified atom stereocenters. The van der Waals surface area contributed by atoms with Crippen LogP contribution in [-0.2, 0) is 23.6 Å². The molecule has 0 aliphatic rings. The maximum Gasteiger partial charge on any atom is 0.126 e. The first-order valence-electron chi connectivity index (χ1n) is 5.51. The Labute approximate surface area is 117 Å². The van der Waals surface area contributed by atoms with E-state index in [1.54, 1.807) is 18.7 Å². The monoisotopic (exact) mass is 301 g/mol. The lowest BCUT2D eigenvalue weighted by atomic mass is 10.3. The largest absolute Gasteiger partial charge is 0.399 e. The zero-order valence-electron chi connectivity index (χ0n) is 10.5. The van der Waals surface area contributed by atoms with Crippen molar-refractivity contribution in [1.82, 2.24) is 9.78 Å². The fraction of sp³-hybridized carbons (Fsp3) is 0.250. The average molecular weight is 302 g/mol. The number of rotatable bonds is 3. The Morgan fingerprint density at radius 1 is 1.47 bits per heavy atom. The van der Waals surface area contributed by atoms with Gasteiger partial charge < -0.3 is 5.73 Å². The molecule has 4 nitrogen and oxygen atoms in total. The lowest BCUT2D eigenvalue weighted by molar-refractivity contribution is 0.623. The number of aromatic nitrogens is 2. The summed E-state index contributed by atoms with van der Waals surface area (Å²) in [5.41, 5.74) is 7.11. The third-order valence-corrected chi connectivity index (χ3v) is 4.47. The van der Waals surface area contributed by atoms with Gasteiger partial charge in [0.1, 0.15) is 5.82 Å². The number of nitrogen functional groups attached to an aromatic ring is 1. The van der Waals surface area contributed by atoms with Crippen LogP contribution in [0.25, 0.3) is 0 Å². The molecule has 2 rings (SSSR count). The quantitative estimate of drug-likeness (QED) is 0.886. The molecule has 0 spiro atoms. The van der Waals surface area contributed by atoms with E-state index < -0.39 is 16.6 Å². The Kier molecular flexibility index (Phi) is 3.91. The predicted molar refractivity (Wildman–Crippen MR) is 73.9 cm³/mol. The number of aryl methyl sites for hydroxylation is 2. The molecule has 0 saturated carbocycles. The molecule has 0 radical (unpaired) electrons. The van der Waals surface area contributed by atoms with Crippen molar-refractivity contribution in [3.05, 3.63) is 40.4 Å². The number of nitrogens with zero attached hydrogens (tertiary/aromatic N) is 2. The molecule has 0 amide bonds. The first-order chi connectivity index (χ1) is 8.88. The fourth-order valence-corrected chi connectivity index (χ4v) is 3.32. The van der Waals surface area contributed by atoms with E-state index in [1.807, 2.05) is 0 Å². The summed E-state index contributed by atoms with van der Waals surface area (Å²) in [4.78, 5) is 0.340. The molecule has 0 aliphatic heterocycles. The molecule has 2 aromatic rings. The molecule has 1 heterocycles. The Balaban J connectivity index is 2.30. The second-order valence-corrected chi connectivity index (χ2v) is 6.01. The highest BCUT2D eigenvalue weighted by molar-refractivity contribution is 7.84. The zero-order valence-corrected chi connectivity index (χ0v) is 12.1. The minimum Gasteiger partial charge on any atom is -0.399 e. The summed E-state index contributed by atoms with van der Waals surface area (Å²) in [6.07, 6.45) is 0. The predicted octanol–water partition coefficient (Wildman–Crippen LogP) is 2.41. The topological polar surface area (TPSA) is 60.9 Å². The number of hydrogen-bond donors (Lipinski definition) is 1. The number of anilines is 1. The van der Waals surface area contributed by atoms with E-state index in [1.165, 1.54) is 18.2 Å². The van der Waals surface area contributed by atoms with E-state index in [2.05, 4.69) is 5.10 Å². The van der Waals surface area contributed by atoms with Crippen molar-refractivity contribution in [2.75, 3.05) is 5.73 Å². The van der Waals surface area contributed by atoms with Gasteiger partial charge in [-0.15, -0.1) is 0 Å². The van der Waals surface area contributed by atoms with Gasteiger partial charge in [-0.2, -0.15) is 5.10 Å². The molecular formula is C12H13ClFN3OS. The molecule has 1 atom stereocenters. The van der Waals surface area contributed by atoms with Gasteiger partial charge in [-0.3, -0.25) is 8.89 Å². The SMILES string of the molecule is Cc1nn(C)c(CS(=O)c2cc(N)cc(F)c2)c1Cl. The molecule has 102 valence electrons. The minimum atomic E-state index is -1.43. The zero-order chi connectivity index (χ0) is 14.2. The van der Waals surface area contributed by atoms with Gasteiger partial charge in [0.15, 0.2) is 0 Å².